The van der Waals surface area contributed by atoms with Crippen LogP contribution in [0.15, 0.2) is 52.4 Å². The summed E-state index contributed by atoms with van der Waals surface area (Å²) in [6, 6.07) is 14.1. The van der Waals surface area contributed by atoms with E-state index in [-0.39, 0.29) is 23.3 Å². The van der Waals surface area contributed by atoms with Crippen LogP contribution in [0.1, 0.15) is 43.2 Å². The SMILES string of the molecule is Cc1cc(C)cc(-n2c(SCC(=O)NC3CCCCC3)nc3c([nH]c4ccccc43)c2=O)c1. The van der Waals surface area contributed by atoms with Crippen LogP contribution in [0.25, 0.3) is 27.6 Å². The van der Waals surface area contributed by atoms with Gasteiger partial charge in [-0.1, -0.05) is 55.3 Å². The summed E-state index contributed by atoms with van der Waals surface area (Å²) in [6.07, 6.45) is 5.68. The van der Waals surface area contributed by atoms with Crippen LogP contribution in [0.4, 0.5) is 0 Å². The molecule has 0 atom stereocenters. The molecule has 0 unspecified atom stereocenters. The third kappa shape index (κ3) is 4.42. The molecule has 5 rings (SSSR count). The molecule has 0 bridgehead atoms. The smallest absolute Gasteiger partial charge is 0.283 e. The lowest BCUT2D eigenvalue weighted by Crippen LogP contribution is -2.37. The number of H-pyrrole nitrogens is 1. The summed E-state index contributed by atoms with van der Waals surface area (Å²) in [6.45, 7) is 4.03. The summed E-state index contributed by atoms with van der Waals surface area (Å²) >= 11 is 1.32. The summed E-state index contributed by atoms with van der Waals surface area (Å²) in [5.41, 5.74) is 4.75. The molecule has 170 valence electrons. The average Bonchev–Trinajstić information content (AvgIpc) is 3.17. The molecular weight excluding hydrogens is 432 g/mol. The van der Waals surface area contributed by atoms with E-state index >= 15 is 0 Å². The Balaban J connectivity index is 1.56. The van der Waals surface area contributed by atoms with Gasteiger partial charge in [-0.2, -0.15) is 0 Å². The summed E-state index contributed by atoms with van der Waals surface area (Å²) < 4.78 is 1.64. The standard InChI is InChI=1S/C26H28N4O2S/c1-16-12-17(2)14-19(13-16)30-25(32)24-23(20-10-6-7-11-21(20)28-24)29-26(30)33-15-22(31)27-18-8-4-3-5-9-18/h6-7,10-14,18,28H,3-5,8-9,15H2,1-2H3,(H,27,31). The van der Waals surface area contributed by atoms with Gasteiger partial charge in [-0.25, -0.2) is 4.98 Å². The fourth-order valence-corrected chi connectivity index (χ4v) is 5.61. The summed E-state index contributed by atoms with van der Waals surface area (Å²) in [5, 5.41) is 4.60. The van der Waals surface area contributed by atoms with E-state index in [1.165, 1.54) is 31.0 Å². The molecule has 0 spiro atoms. The lowest BCUT2D eigenvalue weighted by Gasteiger charge is -2.22. The number of nitrogens with zero attached hydrogens (tertiary/aromatic N) is 2. The molecule has 33 heavy (non-hydrogen) atoms. The molecule has 2 N–H and O–H groups in total. The topological polar surface area (TPSA) is 79.8 Å². The first-order chi connectivity index (χ1) is 16.0. The Morgan fingerprint density at radius 2 is 1.85 bits per heavy atom. The predicted molar refractivity (Wildman–Crippen MR) is 134 cm³/mol. The lowest BCUT2D eigenvalue weighted by molar-refractivity contribution is -0.119. The number of fused-ring (bicyclic) bond motifs is 3. The highest BCUT2D eigenvalue weighted by molar-refractivity contribution is 7.99. The van der Waals surface area contributed by atoms with Gasteiger partial charge in [0, 0.05) is 16.9 Å². The molecule has 4 aromatic rings. The van der Waals surface area contributed by atoms with Crippen molar-refractivity contribution >= 4 is 39.6 Å². The Morgan fingerprint density at radius 3 is 2.61 bits per heavy atom. The van der Waals surface area contributed by atoms with Crippen LogP contribution in [-0.4, -0.2) is 32.2 Å². The summed E-state index contributed by atoms with van der Waals surface area (Å²) in [5.74, 6) is 0.217. The number of carbonyl (C=O) groups is 1. The largest absolute Gasteiger partial charge is 0.353 e. The van der Waals surface area contributed by atoms with Crippen molar-refractivity contribution in [2.45, 2.75) is 57.1 Å². The van der Waals surface area contributed by atoms with Gasteiger partial charge in [-0.05, 0) is 56.0 Å². The van der Waals surface area contributed by atoms with Crippen LogP contribution in [0, 0.1) is 13.8 Å². The maximum Gasteiger partial charge on any atom is 0.283 e. The Bertz CT molecular complexity index is 1380. The number of hydrogen-bond donors (Lipinski definition) is 2. The van der Waals surface area contributed by atoms with Gasteiger partial charge >= 0.3 is 0 Å². The van der Waals surface area contributed by atoms with E-state index in [1.54, 1.807) is 4.57 Å². The highest BCUT2D eigenvalue weighted by atomic mass is 32.2. The van der Waals surface area contributed by atoms with Crippen molar-refractivity contribution in [3.05, 3.63) is 63.9 Å². The normalized spacial score (nSPS) is 14.7. The third-order valence-electron chi connectivity index (χ3n) is 6.26. The number of hydrogen-bond acceptors (Lipinski definition) is 4. The molecule has 2 aromatic heterocycles. The van der Waals surface area contributed by atoms with E-state index in [4.69, 9.17) is 4.98 Å². The van der Waals surface area contributed by atoms with Crippen LogP contribution in [-0.2, 0) is 4.79 Å². The van der Waals surface area contributed by atoms with Crippen molar-refractivity contribution < 1.29 is 4.79 Å². The van der Waals surface area contributed by atoms with E-state index in [0.29, 0.717) is 16.2 Å². The fraction of sp³-hybridized carbons (Fsp3) is 0.346. The number of aromatic nitrogens is 3. The van der Waals surface area contributed by atoms with E-state index in [2.05, 4.69) is 16.4 Å². The van der Waals surface area contributed by atoms with Crippen LogP contribution < -0.4 is 10.9 Å². The fourth-order valence-electron chi connectivity index (χ4n) is 4.79. The maximum atomic E-state index is 13.7. The second-order valence-electron chi connectivity index (χ2n) is 8.97. The van der Waals surface area contributed by atoms with Gasteiger partial charge in [0.2, 0.25) is 5.91 Å². The molecule has 2 aromatic carbocycles. The number of para-hydroxylation sites is 1. The molecule has 1 aliphatic carbocycles. The number of aryl methyl sites for hydroxylation is 2. The Hall–Kier alpha value is -3.06. The number of carbonyl (C=O) groups excluding carboxylic acids is 1. The number of rotatable bonds is 5. The molecule has 1 saturated carbocycles. The van der Waals surface area contributed by atoms with Crippen LogP contribution in [0.3, 0.4) is 0 Å². The van der Waals surface area contributed by atoms with E-state index in [9.17, 15) is 9.59 Å². The Kier molecular flexibility index (Phi) is 5.98. The van der Waals surface area contributed by atoms with Gasteiger partial charge in [-0.3, -0.25) is 14.2 Å². The third-order valence-corrected chi connectivity index (χ3v) is 7.20. The van der Waals surface area contributed by atoms with Crippen LogP contribution in [0.2, 0.25) is 0 Å². The minimum absolute atomic E-state index is 0.00727. The van der Waals surface area contributed by atoms with Crippen molar-refractivity contribution in [1.82, 2.24) is 19.9 Å². The molecule has 0 aliphatic heterocycles. The molecule has 6 nitrogen and oxygen atoms in total. The zero-order chi connectivity index (χ0) is 22.9. The Labute approximate surface area is 196 Å². The van der Waals surface area contributed by atoms with E-state index in [1.807, 2.05) is 50.2 Å². The van der Waals surface area contributed by atoms with Gasteiger partial charge in [0.25, 0.3) is 5.56 Å². The molecular formula is C26H28N4O2S. The first kappa shape index (κ1) is 21.8. The highest BCUT2D eigenvalue weighted by Gasteiger charge is 2.20. The molecule has 0 saturated heterocycles. The maximum absolute atomic E-state index is 13.7. The summed E-state index contributed by atoms with van der Waals surface area (Å²) in [4.78, 5) is 34.5. The molecule has 1 amide bonds. The molecule has 2 heterocycles. The van der Waals surface area contributed by atoms with Gasteiger partial charge in [0.1, 0.15) is 11.0 Å². The number of nitrogens with one attached hydrogen (secondary N) is 2. The van der Waals surface area contributed by atoms with Crippen molar-refractivity contribution in [2.24, 2.45) is 0 Å². The quantitative estimate of drug-likeness (QED) is 0.324. The lowest BCUT2D eigenvalue weighted by atomic mass is 9.95. The highest BCUT2D eigenvalue weighted by Crippen LogP contribution is 2.27. The van der Waals surface area contributed by atoms with Crippen molar-refractivity contribution in [1.29, 1.82) is 0 Å². The number of thioether (sulfide) groups is 1. The van der Waals surface area contributed by atoms with E-state index in [0.717, 1.165) is 40.6 Å². The van der Waals surface area contributed by atoms with Gasteiger partial charge in [-0.15, -0.1) is 0 Å². The first-order valence-corrected chi connectivity index (χ1v) is 12.5. The van der Waals surface area contributed by atoms with Crippen LogP contribution >= 0.6 is 11.8 Å². The van der Waals surface area contributed by atoms with Crippen molar-refractivity contribution in [3.8, 4) is 5.69 Å². The van der Waals surface area contributed by atoms with Crippen molar-refractivity contribution in [2.75, 3.05) is 5.75 Å². The minimum Gasteiger partial charge on any atom is -0.353 e. The zero-order valence-electron chi connectivity index (χ0n) is 19.0. The minimum atomic E-state index is -0.156. The van der Waals surface area contributed by atoms with Gasteiger partial charge in [0.05, 0.1) is 11.4 Å². The second-order valence-corrected chi connectivity index (χ2v) is 9.91. The van der Waals surface area contributed by atoms with Crippen LogP contribution in [0.5, 0.6) is 0 Å². The molecule has 1 fully saturated rings. The number of aromatic amines is 1. The first-order valence-electron chi connectivity index (χ1n) is 11.5. The molecule has 7 heteroatoms. The average molecular weight is 461 g/mol. The second kappa shape index (κ2) is 9.06. The number of amides is 1. The molecule has 1 aliphatic rings. The number of benzene rings is 2. The predicted octanol–water partition coefficient (Wildman–Crippen LogP) is 5.02. The van der Waals surface area contributed by atoms with Crippen molar-refractivity contribution in [3.63, 3.8) is 0 Å². The van der Waals surface area contributed by atoms with Gasteiger partial charge < -0.3 is 10.3 Å². The monoisotopic (exact) mass is 460 g/mol. The summed E-state index contributed by atoms with van der Waals surface area (Å²) in [7, 11) is 0. The van der Waals surface area contributed by atoms with Gasteiger partial charge in [0.15, 0.2) is 5.16 Å². The zero-order valence-corrected chi connectivity index (χ0v) is 19.8. The van der Waals surface area contributed by atoms with E-state index < -0.39 is 0 Å². The Morgan fingerprint density at radius 1 is 1.12 bits per heavy atom. The molecule has 0 radical (unpaired) electrons.